The van der Waals surface area contributed by atoms with E-state index in [-0.39, 0.29) is 0 Å². The minimum atomic E-state index is 0.302. The van der Waals surface area contributed by atoms with Crippen molar-refractivity contribution in [2.24, 2.45) is 0 Å². The number of aliphatic hydroxyl groups excluding tert-OH is 2. The lowest BCUT2D eigenvalue weighted by atomic mass is 10.0. The highest BCUT2D eigenvalue weighted by Crippen LogP contribution is 2.40. The van der Waals surface area contributed by atoms with Gasteiger partial charge >= 0.3 is 0 Å². The van der Waals surface area contributed by atoms with E-state index in [2.05, 4.69) is 169 Å². The van der Waals surface area contributed by atoms with Crippen LogP contribution in [-0.2, 0) is 0 Å². The maximum Gasteiger partial charge on any atom is 0.119 e. The number of fused-ring (bicyclic) bond motifs is 8. The molecule has 9 rings (SSSR count). The molecule has 4 N–H and O–H groups in total. The largest absolute Gasteiger partial charge is 0.494 e. The molecule has 8 bridgehead atoms. The molecule has 3 aromatic heterocycles. The average Bonchev–Trinajstić information content (AvgIpc) is 1.61. The number of H-pyrrole nitrogens is 2. The lowest BCUT2D eigenvalue weighted by Crippen LogP contribution is -1.97. The van der Waals surface area contributed by atoms with Crippen molar-refractivity contribution < 1.29 is 29.2 Å². The third-order valence-electron chi connectivity index (χ3n) is 20.0. The summed E-state index contributed by atoms with van der Waals surface area (Å²) in [7, 11) is 0. The van der Waals surface area contributed by atoms with Crippen LogP contribution in [-0.4, -0.2) is 69.8 Å². The van der Waals surface area contributed by atoms with Crippen LogP contribution in [0.15, 0.2) is 121 Å². The molecule has 100 heavy (non-hydrogen) atoms. The molecule has 0 aliphatic carbocycles. The minimum Gasteiger partial charge on any atom is -0.494 e. The second-order valence-corrected chi connectivity index (χ2v) is 28.2. The first-order valence-corrected chi connectivity index (χ1v) is 39.8. The predicted octanol–water partition coefficient (Wildman–Crippen LogP) is 25.7. The molecule has 4 aromatic carbocycles. The molecule has 2 aliphatic heterocycles. The summed E-state index contributed by atoms with van der Waals surface area (Å²) in [5.41, 5.74) is 15.3. The zero-order valence-corrected chi connectivity index (χ0v) is 61.4. The lowest BCUT2D eigenvalue weighted by molar-refractivity contribution is 0.282. The fourth-order valence-electron chi connectivity index (χ4n) is 14.1. The Morgan fingerprint density at radius 2 is 0.430 bits per heavy atom. The number of nitrogens with zero attached hydrogens (tertiary/aromatic N) is 2. The van der Waals surface area contributed by atoms with Crippen LogP contribution in [0, 0.1) is 0 Å². The molecule has 2 aliphatic rings. The van der Waals surface area contributed by atoms with Crippen LogP contribution in [0.4, 0.5) is 0 Å². The monoisotopic (exact) mass is 1350 g/mol. The first-order chi connectivity index (χ1) is 49.5. The summed E-state index contributed by atoms with van der Waals surface area (Å²) in [4.78, 5) is 19.2. The second-order valence-electron chi connectivity index (χ2n) is 28.2. The van der Waals surface area contributed by atoms with Crippen molar-refractivity contribution >= 4 is 46.4 Å². The zero-order valence-electron chi connectivity index (χ0n) is 61.4. The smallest absolute Gasteiger partial charge is 0.119 e. The Morgan fingerprint density at radius 3 is 0.630 bits per heavy atom. The van der Waals surface area contributed by atoms with E-state index < -0.39 is 0 Å². The van der Waals surface area contributed by atoms with Crippen LogP contribution in [0.5, 0.6) is 23.0 Å². The number of ether oxygens (including phenoxy) is 4. The molecule has 0 saturated heterocycles. The van der Waals surface area contributed by atoms with Crippen molar-refractivity contribution in [3.8, 4) is 67.5 Å². The Kier molecular flexibility index (Phi) is 34.9. The molecule has 0 amide bonds. The quantitative estimate of drug-likeness (QED) is 0.0277. The number of unbranched alkanes of at least 4 members (excludes halogenated alkanes) is 34. The molecule has 5 heterocycles. The molecule has 0 spiro atoms. The standard InChI is InChI=1S/C90H122N4O6/c1-3-5-7-9-11-13-19-25-31-37-67-97-75-49-41-71(42-50-75)87-79-57-61-83(91-79)89(73-45-53-77(54-46-73)99-69-39-33-27-21-15-17-23-29-35-65-95)85-63-59-81(93-85)88(72-43-51-76(52-44-72)98-68-38-32-26-20-14-12-10-8-6-4-2)82-60-64-86(94-82)90(84-62-58-80(87)92-84)74-47-55-78(56-48-74)100-70-40-34-28-22-16-18-24-30-36-66-96/h41-64,91,94-96H,3-40,65-70H2,1-2H3. The Morgan fingerprint density at radius 1 is 0.240 bits per heavy atom. The van der Waals surface area contributed by atoms with Gasteiger partial charge < -0.3 is 39.1 Å². The Labute approximate surface area is 601 Å². The van der Waals surface area contributed by atoms with Gasteiger partial charge in [0.15, 0.2) is 0 Å². The fourth-order valence-corrected chi connectivity index (χ4v) is 14.1. The van der Waals surface area contributed by atoms with E-state index in [9.17, 15) is 0 Å². The SMILES string of the molecule is CCCCCCCCCCCCOc1ccc(-c2c3nc(c(-c4ccc(OCCCCCCCCCCCO)cc4)c4ccc([nH]4)c(-c4ccc(OCCCCCCCCCCCC)cc4)c4nc(c(-c5ccc(OCCCCCCCCCCCO)cc5)c5ccc2[nH]5)C=C4)C=C3)cc1. The van der Waals surface area contributed by atoms with E-state index in [0.717, 1.165) is 177 Å². The first kappa shape index (κ1) is 76.8. The lowest BCUT2D eigenvalue weighted by Gasteiger charge is -2.10. The van der Waals surface area contributed by atoms with Gasteiger partial charge in [-0.15, -0.1) is 0 Å². The highest BCUT2D eigenvalue weighted by Gasteiger charge is 2.20. The normalized spacial score (nSPS) is 11.9. The van der Waals surface area contributed by atoms with Crippen LogP contribution in [0.1, 0.15) is 281 Å². The number of hydrogen-bond donors (Lipinski definition) is 4. The first-order valence-electron chi connectivity index (χ1n) is 39.8. The van der Waals surface area contributed by atoms with Crippen molar-refractivity contribution in [3.63, 3.8) is 0 Å². The predicted molar refractivity (Wildman–Crippen MR) is 424 cm³/mol. The molecule has 7 aromatic rings. The van der Waals surface area contributed by atoms with Gasteiger partial charge in [-0.3, -0.25) is 0 Å². The molecule has 0 atom stereocenters. The molecule has 0 unspecified atom stereocenters. The average molecular weight is 1360 g/mol. The minimum absolute atomic E-state index is 0.302. The molecule has 0 radical (unpaired) electrons. The molecular weight excluding hydrogens is 1230 g/mol. The third kappa shape index (κ3) is 25.6. The Balaban J connectivity index is 1.05. The number of aromatic amines is 2. The van der Waals surface area contributed by atoms with Crippen LogP contribution < -0.4 is 18.9 Å². The number of aromatic nitrogens is 4. The number of hydrogen-bond acceptors (Lipinski definition) is 8. The van der Waals surface area contributed by atoms with Crippen LogP contribution in [0.3, 0.4) is 0 Å². The summed E-state index contributed by atoms with van der Waals surface area (Å²) in [6.07, 6.45) is 55.4. The molecule has 538 valence electrons. The molecule has 0 saturated carbocycles. The van der Waals surface area contributed by atoms with Crippen LogP contribution >= 0.6 is 0 Å². The topological polar surface area (TPSA) is 135 Å². The summed E-state index contributed by atoms with van der Waals surface area (Å²) >= 11 is 0. The number of nitrogens with one attached hydrogen (secondary N) is 2. The van der Waals surface area contributed by atoms with Crippen molar-refractivity contribution in [2.45, 2.75) is 258 Å². The molecule has 10 nitrogen and oxygen atoms in total. The second kappa shape index (κ2) is 45.5. The Hall–Kier alpha value is -7.40. The van der Waals surface area contributed by atoms with Gasteiger partial charge in [0, 0.05) is 57.5 Å². The van der Waals surface area contributed by atoms with Crippen molar-refractivity contribution in [3.05, 3.63) is 144 Å². The summed E-state index contributed by atoms with van der Waals surface area (Å²) in [5.74, 6) is 3.47. The summed E-state index contributed by atoms with van der Waals surface area (Å²) < 4.78 is 25.6. The molecular formula is C90H122N4O6. The van der Waals surface area contributed by atoms with E-state index in [0.29, 0.717) is 39.6 Å². The number of benzene rings is 4. The van der Waals surface area contributed by atoms with Gasteiger partial charge in [0.05, 0.1) is 49.2 Å². The zero-order chi connectivity index (χ0) is 69.3. The van der Waals surface area contributed by atoms with Gasteiger partial charge in [-0.05, 0) is 158 Å². The number of rotatable bonds is 52. The fraction of sp³-hybridized carbons (Fsp3) is 0.511. The van der Waals surface area contributed by atoms with Gasteiger partial charge in [-0.25, -0.2) is 9.97 Å². The summed E-state index contributed by atoms with van der Waals surface area (Å²) in [5, 5.41) is 18.2. The maximum absolute atomic E-state index is 9.12. The van der Waals surface area contributed by atoms with Gasteiger partial charge in [-0.2, -0.15) is 0 Å². The van der Waals surface area contributed by atoms with E-state index >= 15 is 0 Å². The van der Waals surface area contributed by atoms with Crippen molar-refractivity contribution in [2.75, 3.05) is 39.6 Å². The maximum atomic E-state index is 9.12. The third-order valence-corrected chi connectivity index (χ3v) is 20.0. The van der Waals surface area contributed by atoms with E-state index in [1.165, 1.54) is 180 Å². The van der Waals surface area contributed by atoms with E-state index in [1.807, 2.05) is 0 Å². The van der Waals surface area contributed by atoms with Gasteiger partial charge in [0.2, 0.25) is 0 Å². The van der Waals surface area contributed by atoms with Crippen molar-refractivity contribution in [1.82, 2.24) is 19.9 Å². The van der Waals surface area contributed by atoms with Crippen molar-refractivity contribution in [1.29, 1.82) is 0 Å². The van der Waals surface area contributed by atoms with Gasteiger partial charge in [0.25, 0.3) is 0 Å². The van der Waals surface area contributed by atoms with Crippen LogP contribution in [0.25, 0.3) is 90.9 Å². The molecule has 0 fully saturated rings. The highest BCUT2D eigenvalue weighted by molar-refractivity contribution is 6.00. The van der Waals surface area contributed by atoms with E-state index in [4.69, 9.17) is 39.1 Å². The van der Waals surface area contributed by atoms with Crippen LogP contribution in [0.2, 0.25) is 0 Å². The van der Waals surface area contributed by atoms with E-state index in [1.54, 1.807) is 0 Å². The summed E-state index contributed by atoms with van der Waals surface area (Å²) in [6.45, 7) is 7.96. The molecule has 10 heteroatoms. The highest BCUT2D eigenvalue weighted by atomic mass is 16.5. The van der Waals surface area contributed by atoms with Gasteiger partial charge in [-0.1, -0.05) is 268 Å². The summed E-state index contributed by atoms with van der Waals surface area (Å²) in [6, 6.07) is 43.2. The Bertz CT molecular complexity index is 3170. The number of aliphatic hydroxyl groups is 2. The van der Waals surface area contributed by atoms with Gasteiger partial charge in [0.1, 0.15) is 23.0 Å².